The Morgan fingerprint density at radius 2 is 2.17 bits per heavy atom. The maximum Gasteiger partial charge on any atom is 0.325 e. The van der Waals surface area contributed by atoms with E-state index in [1.165, 1.54) is 18.2 Å². The van der Waals surface area contributed by atoms with Crippen LogP contribution in [-0.4, -0.2) is 28.6 Å². The fourth-order valence-corrected chi connectivity index (χ4v) is 2.94. The van der Waals surface area contributed by atoms with Gasteiger partial charge in [0.25, 0.3) is 5.91 Å². The highest BCUT2D eigenvalue weighted by molar-refractivity contribution is 6.04. The van der Waals surface area contributed by atoms with Gasteiger partial charge in [-0.3, -0.25) is 9.69 Å². The van der Waals surface area contributed by atoms with E-state index in [2.05, 4.69) is 10.5 Å². The number of nitrogens with zero attached hydrogens (tertiary/aromatic N) is 2. The van der Waals surface area contributed by atoms with Crippen LogP contribution in [0.25, 0.3) is 0 Å². The second-order valence-electron chi connectivity index (χ2n) is 5.66. The molecule has 0 spiro atoms. The van der Waals surface area contributed by atoms with Gasteiger partial charge in [0.2, 0.25) is 0 Å². The second-order valence-corrected chi connectivity index (χ2v) is 5.66. The van der Waals surface area contributed by atoms with E-state index >= 15 is 0 Å². The van der Waals surface area contributed by atoms with Crippen LogP contribution in [0, 0.1) is 5.82 Å². The zero-order valence-corrected chi connectivity index (χ0v) is 12.6. The summed E-state index contributed by atoms with van der Waals surface area (Å²) in [7, 11) is 0. The van der Waals surface area contributed by atoms with Crippen molar-refractivity contribution in [1.29, 1.82) is 0 Å². The predicted molar refractivity (Wildman–Crippen MR) is 78.1 cm³/mol. The van der Waals surface area contributed by atoms with Crippen LogP contribution in [-0.2, 0) is 29.1 Å². The van der Waals surface area contributed by atoms with Gasteiger partial charge < -0.3 is 14.6 Å². The number of carbonyl (C=O) groups excluding carboxylic acids is 2. The molecule has 1 atom stereocenters. The van der Waals surface area contributed by atoms with Crippen LogP contribution >= 0.6 is 0 Å². The summed E-state index contributed by atoms with van der Waals surface area (Å²) >= 11 is 0. The first-order chi connectivity index (χ1) is 11.6. The summed E-state index contributed by atoms with van der Waals surface area (Å²) < 4.78 is 24.5. The molecule has 4 rings (SSSR count). The molecule has 2 aliphatic heterocycles. The van der Waals surface area contributed by atoms with Gasteiger partial charge >= 0.3 is 6.03 Å². The molecule has 8 heteroatoms. The van der Waals surface area contributed by atoms with Crippen molar-refractivity contribution in [3.63, 3.8) is 0 Å². The Kier molecular flexibility index (Phi) is 3.53. The molecule has 3 heterocycles. The Hall–Kier alpha value is -2.74. The molecule has 0 saturated carbocycles. The molecule has 24 heavy (non-hydrogen) atoms. The number of halogens is 1. The Balaban J connectivity index is 1.59. The molecule has 124 valence electrons. The third-order valence-corrected chi connectivity index (χ3v) is 4.22. The standard InChI is InChI=1S/C16H14FN3O4/c17-11-4-2-1-3-9(11)14-15(21)20(16(22)18-14)7-12-10-8-23-6-5-13(10)24-19-12/h1-4,14H,5-8H2,(H,18,22). The lowest BCUT2D eigenvalue weighted by atomic mass is 10.1. The molecule has 1 saturated heterocycles. The minimum atomic E-state index is -1.03. The molecule has 1 aromatic carbocycles. The smallest absolute Gasteiger partial charge is 0.325 e. The molecule has 2 aromatic rings. The number of hydrogen-bond acceptors (Lipinski definition) is 5. The van der Waals surface area contributed by atoms with Crippen LogP contribution < -0.4 is 5.32 Å². The number of nitrogens with one attached hydrogen (secondary N) is 1. The Morgan fingerprint density at radius 1 is 1.33 bits per heavy atom. The summed E-state index contributed by atoms with van der Waals surface area (Å²) in [6, 6.07) is 4.26. The summed E-state index contributed by atoms with van der Waals surface area (Å²) in [6.07, 6.45) is 0.611. The van der Waals surface area contributed by atoms with Gasteiger partial charge in [-0.15, -0.1) is 0 Å². The number of hydrogen-bond donors (Lipinski definition) is 1. The van der Waals surface area contributed by atoms with E-state index in [9.17, 15) is 14.0 Å². The van der Waals surface area contributed by atoms with Crippen molar-refractivity contribution in [3.05, 3.63) is 52.7 Å². The number of fused-ring (bicyclic) bond motifs is 1. The predicted octanol–water partition coefficient (Wildman–Crippen LogP) is 1.68. The zero-order valence-electron chi connectivity index (χ0n) is 12.6. The molecular weight excluding hydrogens is 317 g/mol. The van der Waals surface area contributed by atoms with Crippen molar-refractivity contribution in [2.45, 2.75) is 25.6 Å². The fourth-order valence-electron chi connectivity index (χ4n) is 2.94. The van der Waals surface area contributed by atoms with Crippen molar-refractivity contribution >= 4 is 11.9 Å². The van der Waals surface area contributed by atoms with E-state index in [1.807, 2.05) is 0 Å². The molecule has 0 bridgehead atoms. The topological polar surface area (TPSA) is 84.7 Å². The summed E-state index contributed by atoms with van der Waals surface area (Å²) in [4.78, 5) is 25.7. The molecule has 1 fully saturated rings. The van der Waals surface area contributed by atoms with Crippen molar-refractivity contribution < 1.29 is 23.2 Å². The summed E-state index contributed by atoms with van der Waals surface area (Å²) in [5.74, 6) is -0.335. The van der Waals surface area contributed by atoms with Crippen molar-refractivity contribution in [1.82, 2.24) is 15.4 Å². The first kappa shape index (κ1) is 14.8. The number of urea groups is 1. The minimum Gasteiger partial charge on any atom is -0.376 e. The highest BCUT2D eigenvalue weighted by Crippen LogP contribution is 2.27. The van der Waals surface area contributed by atoms with Gasteiger partial charge in [-0.25, -0.2) is 9.18 Å². The third kappa shape index (κ3) is 2.35. The monoisotopic (exact) mass is 331 g/mol. The van der Waals surface area contributed by atoms with Gasteiger partial charge in [0.1, 0.15) is 23.3 Å². The van der Waals surface area contributed by atoms with Gasteiger partial charge in [0.05, 0.1) is 19.8 Å². The lowest BCUT2D eigenvalue weighted by molar-refractivity contribution is -0.128. The quantitative estimate of drug-likeness (QED) is 0.865. The highest BCUT2D eigenvalue weighted by Gasteiger charge is 2.41. The molecule has 2 aliphatic rings. The molecule has 7 nitrogen and oxygen atoms in total. The number of benzene rings is 1. The van der Waals surface area contributed by atoms with Gasteiger partial charge in [0.15, 0.2) is 0 Å². The van der Waals surface area contributed by atoms with Gasteiger partial charge in [0, 0.05) is 17.5 Å². The van der Waals surface area contributed by atoms with Crippen molar-refractivity contribution in [3.8, 4) is 0 Å². The average molecular weight is 331 g/mol. The largest absolute Gasteiger partial charge is 0.376 e. The van der Waals surface area contributed by atoms with E-state index in [0.29, 0.717) is 31.1 Å². The summed E-state index contributed by atoms with van der Waals surface area (Å²) in [5.41, 5.74) is 1.41. The van der Waals surface area contributed by atoms with E-state index in [0.717, 1.165) is 10.5 Å². The fraction of sp³-hybridized carbons (Fsp3) is 0.312. The average Bonchev–Trinajstić information content (AvgIpc) is 3.12. The molecular formula is C16H14FN3O4. The van der Waals surface area contributed by atoms with Gasteiger partial charge in [-0.2, -0.15) is 0 Å². The van der Waals surface area contributed by atoms with E-state index in [1.54, 1.807) is 6.07 Å². The number of ether oxygens (including phenoxy) is 1. The molecule has 3 amide bonds. The Bertz CT molecular complexity index is 819. The number of amides is 3. The van der Waals surface area contributed by atoms with E-state index in [4.69, 9.17) is 9.26 Å². The van der Waals surface area contributed by atoms with Crippen LogP contribution in [0.15, 0.2) is 28.8 Å². The number of rotatable bonds is 3. The third-order valence-electron chi connectivity index (χ3n) is 4.22. The van der Waals surface area contributed by atoms with Crippen LogP contribution in [0.3, 0.4) is 0 Å². The van der Waals surface area contributed by atoms with Crippen LogP contribution in [0.5, 0.6) is 0 Å². The van der Waals surface area contributed by atoms with Gasteiger partial charge in [-0.05, 0) is 6.07 Å². The minimum absolute atomic E-state index is 0.0299. The van der Waals surface area contributed by atoms with E-state index < -0.39 is 23.8 Å². The van der Waals surface area contributed by atoms with Crippen molar-refractivity contribution in [2.24, 2.45) is 0 Å². The maximum absolute atomic E-state index is 13.9. The van der Waals surface area contributed by atoms with E-state index in [-0.39, 0.29) is 12.1 Å². The first-order valence-corrected chi connectivity index (χ1v) is 7.55. The molecule has 1 N–H and O–H groups in total. The van der Waals surface area contributed by atoms with Gasteiger partial charge in [-0.1, -0.05) is 23.4 Å². The number of carbonyl (C=O) groups is 2. The molecule has 1 aromatic heterocycles. The molecule has 1 unspecified atom stereocenters. The van der Waals surface area contributed by atoms with Crippen LogP contribution in [0.2, 0.25) is 0 Å². The SMILES string of the molecule is O=C1NC(c2ccccc2F)C(=O)N1Cc1noc2c1COCC2. The highest BCUT2D eigenvalue weighted by atomic mass is 19.1. The molecule has 0 radical (unpaired) electrons. The van der Waals surface area contributed by atoms with Crippen LogP contribution in [0.4, 0.5) is 9.18 Å². The lowest BCUT2D eigenvalue weighted by Crippen LogP contribution is -2.31. The zero-order chi connectivity index (χ0) is 16.7. The molecule has 0 aliphatic carbocycles. The maximum atomic E-state index is 13.9. The lowest BCUT2D eigenvalue weighted by Gasteiger charge is -2.14. The second kappa shape index (κ2) is 5.72. The van der Waals surface area contributed by atoms with Crippen LogP contribution in [0.1, 0.15) is 28.6 Å². The Morgan fingerprint density at radius 3 is 3.00 bits per heavy atom. The first-order valence-electron chi connectivity index (χ1n) is 7.55. The summed E-state index contributed by atoms with van der Waals surface area (Å²) in [5, 5.41) is 6.45. The van der Waals surface area contributed by atoms with Crippen molar-refractivity contribution in [2.75, 3.05) is 6.61 Å². The number of imide groups is 1. The number of aromatic nitrogens is 1. The Labute approximate surface area is 136 Å². The summed E-state index contributed by atoms with van der Waals surface area (Å²) in [6.45, 7) is 0.868. The normalized spacial score (nSPS) is 20.2.